The summed E-state index contributed by atoms with van der Waals surface area (Å²) in [6.07, 6.45) is 0. The number of hydrogen-bond acceptors (Lipinski definition) is 3. The van der Waals surface area contributed by atoms with E-state index in [4.69, 9.17) is 15.0 Å². The van der Waals surface area contributed by atoms with Gasteiger partial charge >= 0.3 is 0 Å². The zero-order valence-corrected chi connectivity index (χ0v) is 30.5. The lowest BCUT2D eigenvalue weighted by atomic mass is 9.92. The van der Waals surface area contributed by atoms with Gasteiger partial charge in [-0.3, -0.25) is 0 Å². The van der Waals surface area contributed by atoms with Gasteiger partial charge < -0.3 is 0 Å². The number of aromatic nitrogens is 3. The molecule has 0 aliphatic rings. The van der Waals surface area contributed by atoms with Crippen LogP contribution in [0.3, 0.4) is 0 Å². The fourth-order valence-corrected chi connectivity index (χ4v) is 7.79. The number of benzene rings is 9. The van der Waals surface area contributed by atoms with Crippen molar-refractivity contribution in [1.29, 1.82) is 0 Å². The van der Waals surface area contributed by atoms with E-state index in [-0.39, 0.29) is 0 Å². The van der Waals surface area contributed by atoms with Gasteiger partial charge in [0.25, 0.3) is 0 Å². The van der Waals surface area contributed by atoms with Crippen LogP contribution in [0.5, 0.6) is 0 Å². The molecule has 0 aliphatic heterocycles. The third-order valence-electron chi connectivity index (χ3n) is 10.6. The molecule has 0 radical (unpaired) electrons. The van der Waals surface area contributed by atoms with E-state index in [0.29, 0.717) is 17.5 Å². The quantitative estimate of drug-likeness (QED) is 0.165. The lowest BCUT2D eigenvalue weighted by Crippen LogP contribution is -2.00. The van der Waals surface area contributed by atoms with Gasteiger partial charge in [0, 0.05) is 16.7 Å². The maximum Gasteiger partial charge on any atom is 0.164 e. The standard InChI is InChI=1S/C53H35N3/c1-4-14-36(15-5-1)43-32-34-45(49-22-12-10-20-47(43)49)38-24-28-41(29-25-38)52-54-51(40-18-8-3-9-19-40)55-53(56-52)42-30-26-39(27-31-42)46-35-33-44(37-16-6-2-7-17-37)48-21-11-13-23-50(46)48/h1-35H. The van der Waals surface area contributed by atoms with Crippen LogP contribution in [0.4, 0.5) is 0 Å². The summed E-state index contributed by atoms with van der Waals surface area (Å²) in [6, 6.07) is 74.7. The molecule has 0 bridgehead atoms. The zero-order valence-electron chi connectivity index (χ0n) is 30.5. The Labute approximate surface area is 326 Å². The predicted octanol–water partition coefficient (Wildman–Crippen LogP) is 13.8. The second-order valence-corrected chi connectivity index (χ2v) is 14.0. The third kappa shape index (κ3) is 6.21. The molecule has 0 aliphatic carbocycles. The van der Waals surface area contributed by atoms with E-state index in [1.54, 1.807) is 0 Å². The number of nitrogens with zero attached hydrogens (tertiary/aromatic N) is 3. The molecular formula is C53H35N3. The molecule has 0 amide bonds. The Morgan fingerprint density at radius 2 is 0.393 bits per heavy atom. The van der Waals surface area contributed by atoms with E-state index in [1.165, 1.54) is 54.9 Å². The molecule has 0 N–H and O–H groups in total. The van der Waals surface area contributed by atoms with Crippen LogP contribution in [-0.2, 0) is 0 Å². The van der Waals surface area contributed by atoms with E-state index < -0.39 is 0 Å². The fraction of sp³-hybridized carbons (Fsp3) is 0. The molecule has 0 atom stereocenters. The summed E-state index contributed by atoms with van der Waals surface area (Å²) >= 11 is 0. The summed E-state index contributed by atoms with van der Waals surface area (Å²) in [5.41, 5.74) is 12.4. The zero-order chi connectivity index (χ0) is 37.3. The number of hydrogen-bond donors (Lipinski definition) is 0. The van der Waals surface area contributed by atoms with E-state index in [2.05, 4.69) is 182 Å². The van der Waals surface area contributed by atoms with Crippen molar-refractivity contribution in [2.75, 3.05) is 0 Å². The minimum Gasteiger partial charge on any atom is -0.208 e. The van der Waals surface area contributed by atoms with Gasteiger partial charge in [-0.15, -0.1) is 0 Å². The summed E-state index contributed by atoms with van der Waals surface area (Å²) < 4.78 is 0. The normalized spacial score (nSPS) is 11.2. The highest BCUT2D eigenvalue weighted by molar-refractivity contribution is 6.06. The van der Waals surface area contributed by atoms with Crippen molar-refractivity contribution in [3.8, 4) is 78.7 Å². The molecule has 0 spiro atoms. The Bertz CT molecular complexity index is 2790. The maximum absolute atomic E-state index is 5.07. The SMILES string of the molecule is c1ccc(-c2nc(-c3ccc(-c4ccc(-c5ccccc5)c5ccccc45)cc3)nc(-c3ccc(-c4ccc(-c5ccccc5)c5ccccc45)cc3)n2)cc1. The maximum atomic E-state index is 5.07. The molecule has 9 aromatic carbocycles. The first-order valence-corrected chi connectivity index (χ1v) is 18.9. The summed E-state index contributed by atoms with van der Waals surface area (Å²) in [5.74, 6) is 1.91. The Kier molecular flexibility index (Phi) is 8.51. The molecule has 1 heterocycles. The van der Waals surface area contributed by atoms with Crippen LogP contribution in [0.25, 0.3) is 100 Å². The van der Waals surface area contributed by atoms with Crippen LogP contribution < -0.4 is 0 Å². The Morgan fingerprint density at radius 3 is 0.696 bits per heavy atom. The van der Waals surface area contributed by atoms with Gasteiger partial charge in [-0.25, -0.2) is 15.0 Å². The van der Waals surface area contributed by atoms with Crippen LogP contribution in [0.15, 0.2) is 212 Å². The van der Waals surface area contributed by atoms with Crippen molar-refractivity contribution in [3.05, 3.63) is 212 Å². The predicted molar refractivity (Wildman–Crippen MR) is 233 cm³/mol. The Hall–Kier alpha value is -7.49. The molecule has 0 unspecified atom stereocenters. The van der Waals surface area contributed by atoms with Gasteiger partial charge in [-0.2, -0.15) is 0 Å². The first-order valence-electron chi connectivity index (χ1n) is 18.9. The minimum absolute atomic E-state index is 0.635. The lowest BCUT2D eigenvalue weighted by Gasteiger charge is -2.13. The monoisotopic (exact) mass is 713 g/mol. The molecular weight excluding hydrogens is 679 g/mol. The molecule has 10 aromatic rings. The highest BCUT2D eigenvalue weighted by Crippen LogP contribution is 2.38. The molecule has 56 heavy (non-hydrogen) atoms. The molecule has 0 saturated heterocycles. The van der Waals surface area contributed by atoms with Crippen molar-refractivity contribution in [2.24, 2.45) is 0 Å². The van der Waals surface area contributed by atoms with Crippen LogP contribution >= 0.6 is 0 Å². The molecule has 10 rings (SSSR count). The summed E-state index contributed by atoms with van der Waals surface area (Å²) in [6.45, 7) is 0. The molecule has 3 nitrogen and oxygen atoms in total. The van der Waals surface area contributed by atoms with Crippen molar-refractivity contribution >= 4 is 21.5 Å². The van der Waals surface area contributed by atoms with Crippen LogP contribution in [-0.4, -0.2) is 15.0 Å². The van der Waals surface area contributed by atoms with Crippen molar-refractivity contribution in [2.45, 2.75) is 0 Å². The average molecular weight is 714 g/mol. The van der Waals surface area contributed by atoms with Crippen molar-refractivity contribution in [3.63, 3.8) is 0 Å². The first-order chi connectivity index (χ1) is 27.8. The molecule has 1 aromatic heterocycles. The van der Waals surface area contributed by atoms with Crippen LogP contribution in [0, 0.1) is 0 Å². The summed E-state index contributed by atoms with van der Waals surface area (Å²) in [5, 5.41) is 4.91. The van der Waals surface area contributed by atoms with E-state index in [0.717, 1.165) is 27.8 Å². The van der Waals surface area contributed by atoms with Crippen molar-refractivity contribution < 1.29 is 0 Å². The summed E-state index contributed by atoms with van der Waals surface area (Å²) in [7, 11) is 0. The largest absolute Gasteiger partial charge is 0.208 e. The van der Waals surface area contributed by atoms with Gasteiger partial charge in [-0.1, -0.05) is 212 Å². The second kappa shape index (κ2) is 14.4. The fourth-order valence-electron chi connectivity index (χ4n) is 7.79. The first kappa shape index (κ1) is 33.1. The van der Waals surface area contributed by atoms with Crippen LogP contribution in [0.2, 0.25) is 0 Å². The highest BCUT2D eigenvalue weighted by Gasteiger charge is 2.15. The minimum atomic E-state index is 0.635. The van der Waals surface area contributed by atoms with Crippen molar-refractivity contribution in [1.82, 2.24) is 15.0 Å². The number of rotatable bonds is 7. The molecule has 3 heteroatoms. The molecule has 262 valence electrons. The summed E-state index contributed by atoms with van der Waals surface area (Å²) in [4.78, 5) is 15.1. The molecule has 0 fully saturated rings. The van der Waals surface area contributed by atoms with E-state index in [9.17, 15) is 0 Å². The van der Waals surface area contributed by atoms with Gasteiger partial charge in [0.05, 0.1) is 0 Å². The van der Waals surface area contributed by atoms with Gasteiger partial charge in [0.2, 0.25) is 0 Å². The third-order valence-corrected chi connectivity index (χ3v) is 10.6. The Morgan fingerprint density at radius 1 is 0.179 bits per heavy atom. The smallest absolute Gasteiger partial charge is 0.164 e. The topological polar surface area (TPSA) is 38.7 Å². The van der Waals surface area contributed by atoms with Gasteiger partial charge in [0.1, 0.15) is 0 Å². The van der Waals surface area contributed by atoms with E-state index in [1.807, 2.05) is 30.3 Å². The average Bonchev–Trinajstić information content (AvgIpc) is 3.29. The van der Waals surface area contributed by atoms with Gasteiger partial charge in [0.15, 0.2) is 17.5 Å². The lowest BCUT2D eigenvalue weighted by molar-refractivity contribution is 1.07. The van der Waals surface area contributed by atoms with E-state index >= 15 is 0 Å². The second-order valence-electron chi connectivity index (χ2n) is 14.0. The number of fused-ring (bicyclic) bond motifs is 2. The molecule has 0 saturated carbocycles. The highest BCUT2D eigenvalue weighted by atomic mass is 15.0. The Balaban J connectivity index is 1.02. The van der Waals surface area contributed by atoms with Crippen LogP contribution in [0.1, 0.15) is 0 Å². The van der Waals surface area contributed by atoms with Gasteiger partial charge in [-0.05, 0) is 66.1 Å².